The minimum Gasteiger partial charge on any atom is -0.481 e. The number of carbonyl (C=O) groups excluding carboxylic acids is 1. The summed E-state index contributed by atoms with van der Waals surface area (Å²) in [5.41, 5.74) is -1.31. The van der Waals surface area contributed by atoms with Crippen LogP contribution in [0, 0.1) is 5.41 Å². The maximum atomic E-state index is 13.2. The zero-order chi connectivity index (χ0) is 18.2. The third-order valence-electron chi connectivity index (χ3n) is 4.47. The Hall–Kier alpha value is -2.77. The Kier molecular flexibility index (Phi) is 4.06. The number of likely N-dealkylation sites (tertiary alicyclic amines) is 1. The molecule has 132 valence electrons. The number of halogens is 3. The Balaban J connectivity index is 1.86. The average molecular weight is 353 g/mol. The minimum atomic E-state index is -4.92. The van der Waals surface area contributed by atoms with Crippen LogP contribution in [-0.2, 0) is 4.79 Å². The number of alkyl halides is 3. The van der Waals surface area contributed by atoms with Gasteiger partial charge in [-0.05, 0) is 30.2 Å². The largest absolute Gasteiger partial charge is 0.481 e. The van der Waals surface area contributed by atoms with Crippen LogP contribution in [0.3, 0.4) is 0 Å². The van der Waals surface area contributed by atoms with E-state index < -0.39 is 36.4 Å². The monoisotopic (exact) mass is 353 g/mol. The first-order valence-electron chi connectivity index (χ1n) is 7.47. The fraction of sp³-hybridized carbons (Fsp3) is 0.294. The highest BCUT2D eigenvalue weighted by molar-refractivity contribution is 5.96. The molecule has 1 aromatic carbocycles. The van der Waals surface area contributed by atoms with E-state index in [1.54, 1.807) is 24.3 Å². The van der Waals surface area contributed by atoms with Crippen molar-refractivity contribution in [2.75, 3.05) is 13.1 Å². The third-order valence-corrected chi connectivity index (χ3v) is 4.47. The maximum Gasteiger partial charge on any atom is 0.406 e. The van der Waals surface area contributed by atoms with Crippen LogP contribution in [0.5, 0.6) is 0 Å². The standard InChI is InChI=1S/C17H14F3NO4/c18-17(19,20)16(15(23)24)5-6-21(10-16)14(22)12-3-1-2-11(8-12)13-4-7-25-9-13/h1-4,7-9H,5-6,10H2,(H,23,24). The first-order valence-corrected chi connectivity index (χ1v) is 7.47. The number of nitrogens with zero attached hydrogens (tertiary/aromatic N) is 1. The number of carboxylic acid groups (broad SMARTS) is 1. The van der Waals surface area contributed by atoms with Gasteiger partial charge in [0.15, 0.2) is 5.41 Å². The second-order valence-corrected chi connectivity index (χ2v) is 5.95. The second kappa shape index (κ2) is 5.94. The summed E-state index contributed by atoms with van der Waals surface area (Å²) >= 11 is 0. The number of carboxylic acids is 1. The van der Waals surface area contributed by atoms with Crippen LogP contribution in [-0.4, -0.2) is 41.1 Å². The number of aliphatic carboxylic acids is 1. The zero-order valence-electron chi connectivity index (χ0n) is 12.9. The van der Waals surface area contributed by atoms with Crippen LogP contribution < -0.4 is 0 Å². The number of hydrogen-bond donors (Lipinski definition) is 1. The smallest absolute Gasteiger partial charge is 0.406 e. The van der Waals surface area contributed by atoms with E-state index in [0.29, 0.717) is 5.56 Å². The van der Waals surface area contributed by atoms with Crippen LogP contribution in [0.2, 0.25) is 0 Å². The van der Waals surface area contributed by atoms with Crippen LogP contribution in [0.25, 0.3) is 11.1 Å². The van der Waals surface area contributed by atoms with Gasteiger partial charge in [0, 0.05) is 24.2 Å². The van der Waals surface area contributed by atoms with E-state index in [2.05, 4.69) is 0 Å². The van der Waals surface area contributed by atoms with Crippen molar-refractivity contribution in [2.45, 2.75) is 12.6 Å². The first-order chi connectivity index (χ1) is 11.7. The van der Waals surface area contributed by atoms with E-state index in [4.69, 9.17) is 9.52 Å². The van der Waals surface area contributed by atoms with Crippen LogP contribution >= 0.6 is 0 Å². The molecule has 1 aliphatic heterocycles. The van der Waals surface area contributed by atoms with Crippen molar-refractivity contribution in [1.82, 2.24) is 4.90 Å². The summed E-state index contributed by atoms with van der Waals surface area (Å²) < 4.78 is 44.7. The fourth-order valence-electron chi connectivity index (χ4n) is 2.95. The lowest BCUT2D eigenvalue weighted by atomic mass is 9.86. The van der Waals surface area contributed by atoms with E-state index in [1.807, 2.05) is 0 Å². The zero-order valence-corrected chi connectivity index (χ0v) is 12.9. The molecule has 5 nitrogen and oxygen atoms in total. The molecule has 2 heterocycles. The van der Waals surface area contributed by atoms with E-state index in [9.17, 15) is 22.8 Å². The highest BCUT2D eigenvalue weighted by Crippen LogP contribution is 2.46. The van der Waals surface area contributed by atoms with Crippen molar-refractivity contribution in [2.24, 2.45) is 5.41 Å². The molecule has 25 heavy (non-hydrogen) atoms. The van der Waals surface area contributed by atoms with Gasteiger partial charge in [-0.3, -0.25) is 9.59 Å². The van der Waals surface area contributed by atoms with E-state index in [0.717, 1.165) is 10.5 Å². The Morgan fingerprint density at radius 3 is 2.52 bits per heavy atom. The molecule has 0 saturated carbocycles. The molecule has 3 rings (SSSR count). The molecule has 1 aliphatic rings. The van der Waals surface area contributed by atoms with Crippen molar-refractivity contribution < 1.29 is 32.3 Å². The highest BCUT2D eigenvalue weighted by Gasteiger charge is 2.64. The van der Waals surface area contributed by atoms with Gasteiger partial charge in [-0.2, -0.15) is 13.2 Å². The van der Waals surface area contributed by atoms with Crippen molar-refractivity contribution in [3.8, 4) is 11.1 Å². The van der Waals surface area contributed by atoms with Crippen molar-refractivity contribution in [1.29, 1.82) is 0 Å². The molecule has 1 saturated heterocycles. The third kappa shape index (κ3) is 2.88. The minimum absolute atomic E-state index is 0.196. The molecule has 1 atom stereocenters. The maximum absolute atomic E-state index is 13.2. The Bertz CT molecular complexity index is 800. The van der Waals surface area contributed by atoms with E-state index in [1.165, 1.54) is 18.6 Å². The number of amides is 1. The summed E-state index contributed by atoms with van der Waals surface area (Å²) in [5.74, 6) is -2.58. The number of rotatable bonds is 3. The summed E-state index contributed by atoms with van der Waals surface area (Å²) in [6.45, 7) is -1.15. The predicted molar refractivity (Wildman–Crippen MR) is 80.8 cm³/mol. The van der Waals surface area contributed by atoms with Gasteiger partial charge in [-0.1, -0.05) is 12.1 Å². The van der Waals surface area contributed by atoms with Gasteiger partial charge < -0.3 is 14.4 Å². The molecule has 2 aromatic rings. The van der Waals surface area contributed by atoms with E-state index in [-0.39, 0.29) is 12.1 Å². The molecular weight excluding hydrogens is 339 g/mol. The molecule has 0 radical (unpaired) electrons. The summed E-state index contributed by atoms with van der Waals surface area (Å²) in [7, 11) is 0. The number of carbonyl (C=O) groups is 2. The van der Waals surface area contributed by atoms with Gasteiger partial charge in [0.1, 0.15) is 0 Å². The SMILES string of the molecule is O=C(c1cccc(-c2ccoc2)c1)N1CCC(C(=O)O)(C(F)(F)F)C1. The van der Waals surface area contributed by atoms with Crippen molar-refractivity contribution in [3.05, 3.63) is 48.4 Å². The molecular formula is C17H14F3NO4. The fourth-order valence-corrected chi connectivity index (χ4v) is 2.95. The highest BCUT2D eigenvalue weighted by atomic mass is 19.4. The number of furan rings is 1. The summed E-state index contributed by atoms with van der Waals surface area (Å²) in [4.78, 5) is 24.7. The first kappa shape index (κ1) is 17.1. The average Bonchev–Trinajstić information content (AvgIpc) is 3.24. The van der Waals surface area contributed by atoms with Gasteiger partial charge in [0.05, 0.1) is 12.5 Å². The van der Waals surface area contributed by atoms with Crippen molar-refractivity contribution >= 4 is 11.9 Å². The lowest BCUT2D eigenvalue weighted by Gasteiger charge is -2.27. The number of hydrogen-bond acceptors (Lipinski definition) is 3. The van der Waals surface area contributed by atoms with Crippen LogP contribution in [0.15, 0.2) is 47.3 Å². The quantitative estimate of drug-likeness (QED) is 0.918. The Morgan fingerprint density at radius 2 is 1.96 bits per heavy atom. The van der Waals surface area contributed by atoms with Crippen LogP contribution in [0.1, 0.15) is 16.8 Å². The molecule has 0 spiro atoms. The molecule has 1 N–H and O–H groups in total. The Morgan fingerprint density at radius 1 is 1.20 bits per heavy atom. The predicted octanol–water partition coefficient (Wildman–Crippen LogP) is 3.43. The topological polar surface area (TPSA) is 70.8 Å². The molecule has 0 aliphatic carbocycles. The van der Waals surface area contributed by atoms with Crippen molar-refractivity contribution in [3.63, 3.8) is 0 Å². The lowest BCUT2D eigenvalue weighted by molar-refractivity contribution is -0.227. The normalized spacial score (nSPS) is 20.7. The Labute approximate surface area is 140 Å². The number of benzene rings is 1. The summed E-state index contributed by atoms with van der Waals surface area (Å²) in [6.07, 6.45) is -2.63. The molecule has 1 fully saturated rings. The molecule has 0 bridgehead atoms. The summed E-state index contributed by atoms with van der Waals surface area (Å²) in [6, 6.07) is 8.07. The molecule has 1 amide bonds. The second-order valence-electron chi connectivity index (χ2n) is 5.95. The van der Waals surface area contributed by atoms with Gasteiger partial charge in [0.25, 0.3) is 5.91 Å². The molecule has 1 unspecified atom stereocenters. The molecule has 8 heteroatoms. The van der Waals surface area contributed by atoms with Gasteiger partial charge in [0.2, 0.25) is 0 Å². The van der Waals surface area contributed by atoms with E-state index >= 15 is 0 Å². The summed E-state index contributed by atoms with van der Waals surface area (Å²) in [5, 5.41) is 9.07. The van der Waals surface area contributed by atoms with Gasteiger partial charge >= 0.3 is 12.1 Å². The molecule has 1 aromatic heterocycles. The van der Waals surface area contributed by atoms with Gasteiger partial charge in [-0.15, -0.1) is 0 Å². The lowest BCUT2D eigenvalue weighted by Crippen LogP contribution is -2.47. The van der Waals surface area contributed by atoms with Gasteiger partial charge in [-0.25, -0.2) is 0 Å². The van der Waals surface area contributed by atoms with Crippen LogP contribution in [0.4, 0.5) is 13.2 Å².